The SMILES string of the molecule is CN(C)CCn1nnnc1S[C@H]1CCCC[C@H]1O. The molecule has 1 aliphatic carbocycles. The number of hydrogen-bond donors (Lipinski definition) is 1. The van der Waals surface area contributed by atoms with E-state index in [2.05, 4.69) is 20.4 Å². The summed E-state index contributed by atoms with van der Waals surface area (Å²) in [4.78, 5) is 2.10. The molecule has 7 heteroatoms. The third-order valence-electron chi connectivity index (χ3n) is 3.18. The lowest BCUT2D eigenvalue weighted by Gasteiger charge is -2.26. The number of rotatable bonds is 5. The van der Waals surface area contributed by atoms with Gasteiger partial charge in [-0.05, 0) is 37.4 Å². The van der Waals surface area contributed by atoms with Crippen LogP contribution in [-0.4, -0.2) is 62.2 Å². The molecular weight excluding hydrogens is 250 g/mol. The molecule has 1 aromatic rings. The van der Waals surface area contributed by atoms with Crippen LogP contribution in [0.3, 0.4) is 0 Å². The van der Waals surface area contributed by atoms with Gasteiger partial charge in [0.25, 0.3) is 0 Å². The number of hydrogen-bond acceptors (Lipinski definition) is 6. The number of aromatic nitrogens is 4. The number of aliphatic hydroxyl groups excluding tert-OH is 1. The highest BCUT2D eigenvalue weighted by Gasteiger charge is 2.26. The van der Waals surface area contributed by atoms with Crippen LogP contribution in [0.25, 0.3) is 0 Å². The zero-order valence-electron chi connectivity index (χ0n) is 11.0. The highest BCUT2D eigenvalue weighted by Crippen LogP contribution is 2.32. The highest BCUT2D eigenvalue weighted by atomic mass is 32.2. The van der Waals surface area contributed by atoms with Crippen LogP contribution in [0.15, 0.2) is 5.16 Å². The molecule has 0 unspecified atom stereocenters. The molecule has 0 aromatic carbocycles. The van der Waals surface area contributed by atoms with E-state index in [-0.39, 0.29) is 11.4 Å². The zero-order valence-corrected chi connectivity index (χ0v) is 11.8. The van der Waals surface area contributed by atoms with E-state index in [4.69, 9.17) is 0 Å². The van der Waals surface area contributed by atoms with Crippen molar-refractivity contribution in [2.45, 2.75) is 48.7 Å². The molecule has 0 bridgehead atoms. The lowest BCUT2D eigenvalue weighted by Crippen LogP contribution is -2.27. The first kappa shape index (κ1) is 13.8. The topological polar surface area (TPSA) is 67.1 Å². The molecule has 0 saturated heterocycles. The quantitative estimate of drug-likeness (QED) is 0.847. The Morgan fingerprint density at radius 2 is 2.17 bits per heavy atom. The Bertz CT molecular complexity index is 370. The van der Waals surface area contributed by atoms with Crippen LogP contribution in [-0.2, 0) is 6.54 Å². The minimum atomic E-state index is -0.220. The van der Waals surface area contributed by atoms with Crippen molar-refractivity contribution >= 4 is 11.8 Å². The Morgan fingerprint density at radius 3 is 2.89 bits per heavy atom. The van der Waals surface area contributed by atoms with Crippen molar-refractivity contribution in [2.24, 2.45) is 0 Å². The molecule has 0 radical (unpaired) electrons. The third kappa shape index (κ3) is 3.66. The number of tetrazole rings is 1. The lowest BCUT2D eigenvalue weighted by molar-refractivity contribution is 0.136. The van der Waals surface area contributed by atoms with Crippen molar-refractivity contribution in [1.29, 1.82) is 0 Å². The van der Waals surface area contributed by atoms with Crippen LogP contribution < -0.4 is 0 Å². The summed E-state index contributed by atoms with van der Waals surface area (Å²) in [6.45, 7) is 1.69. The maximum absolute atomic E-state index is 9.97. The van der Waals surface area contributed by atoms with Crippen molar-refractivity contribution in [3.8, 4) is 0 Å². The van der Waals surface area contributed by atoms with Gasteiger partial charge in [-0.15, -0.1) is 5.10 Å². The predicted molar refractivity (Wildman–Crippen MR) is 70.5 cm³/mol. The van der Waals surface area contributed by atoms with Crippen molar-refractivity contribution < 1.29 is 5.11 Å². The van der Waals surface area contributed by atoms with Crippen LogP contribution in [0.1, 0.15) is 25.7 Å². The number of aliphatic hydroxyl groups is 1. The minimum absolute atomic E-state index is 0.220. The second-order valence-corrected chi connectivity index (χ2v) is 6.20. The van der Waals surface area contributed by atoms with E-state index < -0.39 is 0 Å². The molecule has 1 fully saturated rings. The van der Waals surface area contributed by atoms with Crippen LogP contribution in [0.5, 0.6) is 0 Å². The minimum Gasteiger partial charge on any atom is -0.392 e. The molecule has 1 aliphatic rings. The van der Waals surface area contributed by atoms with Crippen LogP contribution >= 0.6 is 11.8 Å². The molecule has 1 aromatic heterocycles. The maximum atomic E-state index is 9.97. The normalized spacial score (nSPS) is 24.7. The van der Waals surface area contributed by atoms with Gasteiger partial charge < -0.3 is 10.0 Å². The van der Waals surface area contributed by atoms with Gasteiger partial charge >= 0.3 is 0 Å². The van der Waals surface area contributed by atoms with E-state index in [1.807, 2.05) is 18.8 Å². The molecule has 102 valence electrons. The average molecular weight is 271 g/mol. The molecule has 2 atom stereocenters. The Hall–Kier alpha value is -0.660. The molecule has 0 spiro atoms. The van der Waals surface area contributed by atoms with Gasteiger partial charge in [0.05, 0.1) is 12.6 Å². The first-order valence-corrected chi connectivity index (χ1v) is 7.30. The highest BCUT2D eigenvalue weighted by molar-refractivity contribution is 7.99. The van der Waals surface area contributed by atoms with E-state index in [0.717, 1.165) is 37.5 Å². The van der Waals surface area contributed by atoms with E-state index in [9.17, 15) is 5.11 Å². The van der Waals surface area contributed by atoms with Gasteiger partial charge in [0.15, 0.2) is 0 Å². The summed E-state index contributed by atoms with van der Waals surface area (Å²) >= 11 is 1.62. The second-order valence-electron chi connectivity index (χ2n) is 5.00. The first-order chi connectivity index (χ1) is 8.66. The van der Waals surface area contributed by atoms with Crippen molar-refractivity contribution in [2.75, 3.05) is 20.6 Å². The first-order valence-electron chi connectivity index (χ1n) is 6.42. The van der Waals surface area contributed by atoms with Crippen molar-refractivity contribution in [3.05, 3.63) is 0 Å². The van der Waals surface area contributed by atoms with E-state index in [1.165, 1.54) is 6.42 Å². The number of nitrogens with zero attached hydrogens (tertiary/aromatic N) is 5. The molecule has 0 amide bonds. The molecule has 18 heavy (non-hydrogen) atoms. The maximum Gasteiger partial charge on any atom is 0.209 e. The van der Waals surface area contributed by atoms with Crippen LogP contribution in [0, 0.1) is 0 Å². The van der Waals surface area contributed by atoms with Gasteiger partial charge in [0, 0.05) is 11.8 Å². The molecule has 2 rings (SSSR count). The largest absolute Gasteiger partial charge is 0.392 e. The third-order valence-corrected chi connectivity index (χ3v) is 4.54. The van der Waals surface area contributed by atoms with E-state index in [1.54, 1.807) is 11.8 Å². The molecule has 1 N–H and O–H groups in total. The summed E-state index contributed by atoms with van der Waals surface area (Å²) < 4.78 is 1.83. The van der Waals surface area contributed by atoms with E-state index >= 15 is 0 Å². The van der Waals surface area contributed by atoms with Gasteiger partial charge in [-0.3, -0.25) is 0 Å². The fraction of sp³-hybridized carbons (Fsp3) is 0.909. The Labute approximate surface area is 112 Å². The molecule has 1 heterocycles. The summed E-state index contributed by atoms with van der Waals surface area (Å²) in [5.74, 6) is 0. The predicted octanol–water partition coefficient (Wildman–Crippen LogP) is 0.630. The van der Waals surface area contributed by atoms with Gasteiger partial charge in [0.2, 0.25) is 5.16 Å². The Balaban J connectivity index is 1.94. The smallest absolute Gasteiger partial charge is 0.209 e. The lowest BCUT2D eigenvalue weighted by atomic mass is 9.97. The Morgan fingerprint density at radius 1 is 1.39 bits per heavy atom. The Kier molecular flexibility index (Phi) is 4.96. The fourth-order valence-corrected chi connectivity index (χ4v) is 3.25. The molecule has 6 nitrogen and oxygen atoms in total. The second kappa shape index (κ2) is 6.49. The standard InChI is InChI=1S/C11H21N5OS/c1-15(2)7-8-16-11(12-13-14-16)18-10-6-4-3-5-9(10)17/h9-10,17H,3-8H2,1-2H3/t9-,10+/m1/s1. The zero-order chi connectivity index (χ0) is 13.0. The van der Waals surface area contributed by atoms with Gasteiger partial charge in [-0.1, -0.05) is 24.6 Å². The molecular formula is C11H21N5OS. The van der Waals surface area contributed by atoms with Gasteiger partial charge in [-0.2, -0.15) is 0 Å². The number of thioether (sulfide) groups is 1. The summed E-state index contributed by atoms with van der Waals surface area (Å²) in [6.07, 6.45) is 4.05. The van der Waals surface area contributed by atoms with Crippen molar-refractivity contribution in [3.63, 3.8) is 0 Å². The molecule has 1 saturated carbocycles. The van der Waals surface area contributed by atoms with Gasteiger partial charge in [-0.25, -0.2) is 4.68 Å². The van der Waals surface area contributed by atoms with Crippen LogP contribution in [0.4, 0.5) is 0 Å². The van der Waals surface area contributed by atoms with Crippen LogP contribution in [0.2, 0.25) is 0 Å². The van der Waals surface area contributed by atoms with E-state index in [0.29, 0.717) is 0 Å². The summed E-state index contributed by atoms with van der Waals surface area (Å²) in [7, 11) is 4.06. The average Bonchev–Trinajstić information content (AvgIpc) is 2.77. The van der Waals surface area contributed by atoms with Crippen molar-refractivity contribution in [1.82, 2.24) is 25.1 Å². The van der Waals surface area contributed by atoms with Gasteiger partial charge in [0.1, 0.15) is 0 Å². The summed E-state index contributed by atoms with van der Waals surface area (Å²) in [5, 5.41) is 22.8. The summed E-state index contributed by atoms with van der Waals surface area (Å²) in [6, 6.07) is 0. The number of likely N-dealkylation sites (N-methyl/N-ethyl adjacent to an activating group) is 1. The summed E-state index contributed by atoms with van der Waals surface area (Å²) in [5.41, 5.74) is 0. The fourth-order valence-electron chi connectivity index (χ4n) is 2.07. The monoisotopic (exact) mass is 271 g/mol. The molecule has 0 aliphatic heterocycles.